The lowest BCUT2D eigenvalue weighted by Gasteiger charge is -2.20. The van der Waals surface area contributed by atoms with E-state index in [0.29, 0.717) is 0 Å². The van der Waals surface area contributed by atoms with Gasteiger partial charge in [0.05, 0.1) is 6.23 Å². The van der Waals surface area contributed by atoms with Crippen molar-refractivity contribution in [3.05, 3.63) is 60.7 Å². The Kier molecular flexibility index (Phi) is 4.56. The monoisotopic (exact) mass is 238 g/mol. The summed E-state index contributed by atoms with van der Waals surface area (Å²) in [5, 5.41) is 3.10. The molecule has 2 nitrogen and oxygen atoms in total. The van der Waals surface area contributed by atoms with Crippen LogP contribution < -0.4 is 16.2 Å². The zero-order valence-electron chi connectivity index (χ0n) is 10.8. The van der Waals surface area contributed by atoms with Crippen molar-refractivity contribution in [2.24, 2.45) is 0 Å². The Morgan fingerprint density at radius 1 is 1.06 bits per heavy atom. The van der Waals surface area contributed by atoms with Crippen LogP contribution in [0.15, 0.2) is 54.6 Å². The van der Waals surface area contributed by atoms with Gasteiger partial charge in [0, 0.05) is 0 Å². The maximum atomic E-state index is 6.05. The second kappa shape index (κ2) is 6.38. The van der Waals surface area contributed by atoms with Gasteiger partial charge in [-0.15, -0.1) is 0 Å². The maximum Gasteiger partial charge on any atom is 0.362 e. The van der Waals surface area contributed by atoms with Crippen LogP contribution in [0, 0.1) is 6.07 Å². The first-order chi connectivity index (χ1) is 8.81. The molecule has 0 heterocycles. The quantitative estimate of drug-likeness (QED) is 0.623. The van der Waals surface area contributed by atoms with Crippen LogP contribution in [0.1, 0.15) is 6.92 Å². The van der Waals surface area contributed by atoms with Gasteiger partial charge in [0.15, 0.2) is 0 Å². The van der Waals surface area contributed by atoms with Crippen molar-refractivity contribution in [2.75, 3.05) is 7.05 Å². The van der Waals surface area contributed by atoms with E-state index >= 15 is 0 Å². The minimum atomic E-state index is -0.0525. The third-order valence-electron chi connectivity index (χ3n) is 2.90. The molecule has 0 amide bonds. The van der Waals surface area contributed by atoms with Gasteiger partial charge in [-0.2, -0.15) is 0 Å². The molecule has 1 unspecified atom stereocenters. The van der Waals surface area contributed by atoms with Gasteiger partial charge in [0.1, 0.15) is 0 Å². The van der Waals surface area contributed by atoms with Crippen LogP contribution in [0.4, 0.5) is 0 Å². The van der Waals surface area contributed by atoms with Crippen LogP contribution in [0.2, 0.25) is 0 Å². The molecule has 1 atom stereocenters. The van der Waals surface area contributed by atoms with E-state index in [2.05, 4.69) is 23.5 Å². The molecule has 0 fully saturated rings. The van der Waals surface area contributed by atoms with Gasteiger partial charge in [0.2, 0.25) is 0 Å². The topological polar surface area (TPSA) is 21.3 Å². The summed E-state index contributed by atoms with van der Waals surface area (Å²) >= 11 is 0. The van der Waals surface area contributed by atoms with Crippen molar-refractivity contribution >= 4 is 17.8 Å². The van der Waals surface area contributed by atoms with Crippen LogP contribution in [-0.2, 0) is 4.65 Å². The molecule has 0 bridgehead atoms. The van der Waals surface area contributed by atoms with Gasteiger partial charge in [-0.3, -0.25) is 5.32 Å². The van der Waals surface area contributed by atoms with Crippen LogP contribution in [0.5, 0.6) is 0 Å². The van der Waals surface area contributed by atoms with E-state index in [0.717, 1.165) is 10.9 Å². The molecule has 91 valence electrons. The van der Waals surface area contributed by atoms with Gasteiger partial charge < -0.3 is 4.65 Å². The molecule has 0 aliphatic heterocycles. The van der Waals surface area contributed by atoms with Crippen molar-refractivity contribution in [3.63, 3.8) is 0 Å². The molecule has 0 saturated carbocycles. The molecular weight excluding hydrogens is 221 g/mol. The van der Waals surface area contributed by atoms with E-state index in [9.17, 15) is 0 Å². The molecule has 18 heavy (non-hydrogen) atoms. The molecule has 2 rings (SSSR count). The van der Waals surface area contributed by atoms with E-state index in [1.165, 1.54) is 0 Å². The van der Waals surface area contributed by atoms with Crippen molar-refractivity contribution in [2.45, 2.75) is 13.2 Å². The SMILES string of the molecule is CNC(C)OB(c1cc[c]cc1)c1ccccc1. The minimum absolute atomic E-state index is 0.000563. The predicted octanol–water partition coefficient (Wildman–Crippen LogP) is 1.17. The normalized spacial score (nSPS) is 12.1. The second-order valence-corrected chi connectivity index (χ2v) is 4.19. The molecule has 0 aliphatic carbocycles. The highest BCUT2D eigenvalue weighted by molar-refractivity contribution is 6.80. The summed E-state index contributed by atoms with van der Waals surface area (Å²) in [5.74, 6) is 0. The highest BCUT2D eigenvalue weighted by Gasteiger charge is 2.22. The molecule has 0 aromatic heterocycles. The molecule has 0 spiro atoms. The zero-order chi connectivity index (χ0) is 12.8. The summed E-state index contributed by atoms with van der Waals surface area (Å²) in [6, 6.07) is 21.2. The van der Waals surface area contributed by atoms with Crippen molar-refractivity contribution in [1.82, 2.24) is 5.32 Å². The smallest absolute Gasteiger partial charge is 0.362 e. The highest BCUT2D eigenvalue weighted by Crippen LogP contribution is 1.97. The first-order valence-electron chi connectivity index (χ1n) is 6.15. The van der Waals surface area contributed by atoms with Crippen LogP contribution in [0.3, 0.4) is 0 Å². The number of hydrogen-bond donors (Lipinski definition) is 1. The third-order valence-corrected chi connectivity index (χ3v) is 2.90. The maximum absolute atomic E-state index is 6.05. The average molecular weight is 238 g/mol. The van der Waals surface area contributed by atoms with E-state index in [4.69, 9.17) is 4.65 Å². The van der Waals surface area contributed by atoms with Gasteiger partial charge in [0.25, 0.3) is 0 Å². The predicted molar refractivity (Wildman–Crippen MR) is 76.3 cm³/mol. The third kappa shape index (κ3) is 3.22. The van der Waals surface area contributed by atoms with Gasteiger partial charge in [-0.05, 0) is 31.0 Å². The molecule has 3 heteroatoms. The second-order valence-electron chi connectivity index (χ2n) is 4.19. The fraction of sp³-hybridized carbons (Fsp3) is 0.200. The average Bonchev–Trinajstić information content (AvgIpc) is 2.46. The summed E-state index contributed by atoms with van der Waals surface area (Å²) < 4.78 is 6.05. The number of rotatable bonds is 5. The van der Waals surface area contributed by atoms with E-state index in [1.807, 2.05) is 56.4 Å². The van der Waals surface area contributed by atoms with Crippen molar-refractivity contribution in [3.8, 4) is 0 Å². The Hall–Kier alpha value is -1.58. The van der Waals surface area contributed by atoms with Gasteiger partial charge >= 0.3 is 6.92 Å². The standard InChI is InChI=1S/C15H17BNO/c1-13(17-2)18-16(14-9-5-3-6-10-14)15-11-7-4-8-12-15/h3,5-13,17H,1-2H3. The summed E-state index contributed by atoms with van der Waals surface area (Å²) in [4.78, 5) is 0. The molecule has 0 aliphatic rings. The molecular formula is C15H17BNO. The summed E-state index contributed by atoms with van der Waals surface area (Å²) in [5.41, 5.74) is 2.30. The van der Waals surface area contributed by atoms with E-state index in [-0.39, 0.29) is 13.1 Å². The molecule has 1 N–H and O–H groups in total. The number of benzene rings is 2. The fourth-order valence-electron chi connectivity index (χ4n) is 1.82. The summed E-state index contributed by atoms with van der Waals surface area (Å²) in [7, 11) is 1.89. The number of hydrogen-bond acceptors (Lipinski definition) is 2. The van der Waals surface area contributed by atoms with E-state index in [1.54, 1.807) is 0 Å². The van der Waals surface area contributed by atoms with Crippen molar-refractivity contribution in [1.29, 1.82) is 0 Å². The van der Waals surface area contributed by atoms with Crippen LogP contribution in [-0.4, -0.2) is 20.2 Å². The molecule has 0 saturated heterocycles. The Labute approximate surface area is 109 Å². The van der Waals surface area contributed by atoms with Gasteiger partial charge in [-0.1, -0.05) is 54.6 Å². The molecule has 1 radical (unpaired) electrons. The lowest BCUT2D eigenvalue weighted by atomic mass is 9.55. The Morgan fingerprint density at radius 3 is 2.28 bits per heavy atom. The summed E-state index contributed by atoms with van der Waals surface area (Å²) in [6.45, 7) is 1.95. The Balaban J connectivity index is 2.29. The molecule has 2 aromatic rings. The number of nitrogens with one attached hydrogen (secondary N) is 1. The fourth-order valence-corrected chi connectivity index (χ4v) is 1.82. The van der Waals surface area contributed by atoms with Crippen LogP contribution in [0.25, 0.3) is 0 Å². The Morgan fingerprint density at radius 2 is 1.67 bits per heavy atom. The first kappa shape index (κ1) is 12.9. The van der Waals surface area contributed by atoms with Gasteiger partial charge in [-0.25, -0.2) is 0 Å². The van der Waals surface area contributed by atoms with E-state index < -0.39 is 0 Å². The lowest BCUT2D eigenvalue weighted by molar-refractivity contribution is 0.201. The first-order valence-corrected chi connectivity index (χ1v) is 6.15. The zero-order valence-corrected chi connectivity index (χ0v) is 10.8. The van der Waals surface area contributed by atoms with Crippen molar-refractivity contribution < 1.29 is 4.65 Å². The minimum Gasteiger partial charge on any atom is -0.412 e. The summed E-state index contributed by atoms with van der Waals surface area (Å²) in [6.07, 6.45) is -0.000563. The van der Waals surface area contributed by atoms with Crippen LogP contribution >= 0.6 is 0 Å². The highest BCUT2D eigenvalue weighted by atomic mass is 16.5. The Bertz CT molecular complexity index is 421. The largest absolute Gasteiger partial charge is 0.412 e. The lowest BCUT2D eigenvalue weighted by Crippen LogP contribution is -2.48. The molecule has 2 aromatic carbocycles.